The molecule has 6 nitrogen and oxygen atoms in total. The maximum Gasteiger partial charge on any atom is 0.243 e. The number of hydrogen-bond donors (Lipinski definition) is 2. The van der Waals surface area contributed by atoms with Crippen LogP contribution in [-0.4, -0.2) is 35.4 Å². The highest BCUT2D eigenvalue weighted by molar-refractivity contribution is 5.96. The largest absolute Gasteiger partial charge is 0.383 e. The molecule has 0 spiro atoms. The van der Waals surface area contributed by atoms with E-state index in [2.05, 4.69) is 24.3 Å². The van der Waals surface area contributed by atoms with Gasteiger partial charge in [-0.2, -0.15) is 5.10 Å². The van der Waals surface area contributed by atoms with Gasteiger partial charge < -0.3 is 15.8 Å². The monoisotopic (exact) mass is 312 g/mol. The Hall–Kier alpha value is -1.63. The predicted molar refractivity (Wildman–Crippen MR) is 85.8 cm³/mol. The summed E-state index contributed by atoms with van der Waals surface area (Å²) in [7, 11) is 1.51. The smallest absolute Gasteiger partial charge is 0.243 e. The number of hydrogen-bond acceptors (Lipinski definition) is 4. The van der Waals surface area contributed by atoms with Gasteiger partial charge in [0.2, 0.25) is 5.91 Å². The molecule has 2 aromatic rings. The van der Waals surface area contributed by atoms with Crippen molar-refractivity contribution in [3.05, 3.63) is 24.4 Å². The van der Waals surface area contributed by atoms with E-state index >= 15 is 0 Å². The zero-order valence-corrected chi connectivity index (χ0v) is 13.2. The van der Waals surface area contributed by atoms with Crippen LogP contribution in [0.3, 0.4) is 0 Å². The van der Waals surface area contributed by atoms with Gasteiger partial charge in [0.1, 0.15) is 6.04 Å². The molecule has 7 heteroatoms. The molecule has 0 bridgehead atoms. The summed E-state index contributed by atoms with van der Waals surface area (Å²) < 4.78 is 6.76. The minimum absolute atomic E-state index is 0. The lowest BCUT2D eigenvalue weighted by Gasteiger charge is -2.11. The van der Waals surface area contributed by atoms with Crippen molar-refractivity contribution >= 4 is 34.9 Å². The van der Waals surface area contributed by atoms with Gasteiger partial charge in [0.15, 0.2) is 0 Å². The number of carbonyl (C=O) groups is 1. The van der Waals surface area contributed by atoms with E-state index in [0.717, 1.165) is 10.9 Å². The molecule has 1 aromatic heterocycles. The summed E-state index contributed by atoms with van der Waals surface area (Å²) in [6, 6.07) is 5.21. The van der Waals surface area contributed by atoms with Crippen molar-refractivity contribution < 1.29 is 9.53 Å². The van der Waals surface area contributed by atoms with E-state index in [0.29, 0.717) is 11.7 Å². The van der Waals surface area contributed by atoms with E-state index in [1.54, 1.807) is 0 Å². The lowest BCUT2D eigenvalue weighted by atomic mass is 10.2. The Bertz CT molecular complexity index is 612. The van der Waals surface area contributed by atoms with Crippen LogP contribution in [0.2, 0.25) is 0 Å². The number of nitrogens with zero attached hydrogens (tertiary/aromatic N) is 2. The number of methoxy groups -OCH3 is 1. The Morgan fingerprint density at radius 2 is 2.19 bits per heavy atom. The number of fused-ring (bicyclic) bond motifs is 1. The third kappa shape index (κ3) is 4.17. The third-order valence-corrected chi connectivity index (χ3v) is 3.00. The molecule has 1 aromatic carbocycles. The summed E-state index contributed by atoms with van der Waals surface area (Å²) in [6.45, 7) is 4.33. The highest BCUT2D eigenvalue weighted by Gasteiger charge is 2.13. The molecule has 1 amide bonds. The fourth-order valence-corrected chi connectivity index (χ4v) is 1.88. The van der Waals surface area contributed by atoms with Crippen molar-refractivity contribution in [2.45, 2.75) is 25.9 Å². The van der Waals surface area contributed by atoms with Gasteiger partial charge in [0, 0.05) is 30.4 Å². The molecular formula is C14H21ClN4O2. The number of aromatic nitrogens is 2. The minimum atomic E-state index is -0.672. The number of nitrogens with one attached hydrogen (secondary N) is 1. The van der Waals surface area contributed by atoms with E-state index < -0.39 is 6.04 Å². The second kappa shape index (κ2) is 7.40. The lowest BCUT2D eigenvalue weighted by molar-refractivity contribution is -0.118. The van der Waals surface area contributed by atoms with Crippen molar-refractivity contribution in [1.29, 1.82) is 0 Å². The first-order valence-corrected chi connectivity index (χ1v) is 6.55. The Balaban J connectivity index is 0.00000220. The molecule has 21 heavy (non-hydrogen) atoms. The highest BCUT2D eigenvalue weighted by atomic mass is 35.5. The van der Waals surface area contributed by atoms with Crippen LogP contribution in [0, 0.1) is 0 Å². The predicted octanol–water partition coefficient (Wildman–Crippen LogP) is 1.95. The molecule has 3 N–H and O–H groups in total. The summed E-state index contributed by atoms with van der Waals surface area (Å²) in [6.07, 6.45) is 1.96. The van der Waals surface area contributed by atoms with Crippen LogP contribution in [0.15, 0.2) is 24.4 Å². The molecular weight excluding hydrogens is 292 g/mol. The molecule has 0 radical (unpaired) electrons. The molecule has 1 heterocycles. The fourth-order valence-electron chi connectivity index (χ4n) is 1.88. The van der Waals surface area contributed by atoms with E-state index in [1.165, 1.54) is 7.11 Å². The van der Waals surface area contributed by atoms with Crippen LogP contribution in [0.4, 0.5) is 5.69 Å². The van der Waals surface area contributed by atoms with Gasteiger partial charge in [-0.25, -0.2) is 0 Å². The van der Waals surface area contributed by atoms with Crippen LogP contribution >= 0.6 is 12.4 Å². The fraction of sp³-hybridized carbons (Fsp3) is 0.429. The molecule has 116 valence electrons. The second-order valence-electron chi connectivity index (χ2n) is 5.03. The standard InChI is InChI=1S/C14H20N4O2.ClH/c1-9(2)18-7-10-6-11(4-5-13(10)17-18)16-14(19)12(15)8-20-3;/h4-7,9,12H,8,15H2,1-3H3,(H,16,19);1H. The number of benzene rings is 1. The lowest BCUT2D eigenvalue weighted by Crippen LogP contribution is -2.39. The molecule has 0 aliphatic carbocycles. The van der Waals surface area contributed by atoms with Crippen molar-refractivity contribution in [2.75, 3.05) is 19.0 Å². The third-order valence-electron chi connectivity index (χ3n) is 3.00. The van der Waals surface area contributed by atoms with Gasteiger partial charge in [-0.15, -0.1) is 12.4 Å². The molecule has 0 fully saturated rings. The first-order valence-electron chi connectivity index (χ1n) is 6.55. The van der Waals surface area contributed by atoms with E-state index in [4.69, 9.17) is 10.5 Å². The summed E-state index contributed by atoms with van der Waals surface area (Å²) in [5, 5.41) is 8.22. The average Bonchev–Trinajstić information content (AvgIpc) is 2.82. The van der Waals surface area contributed by atoms with Crippen molar-refractivity contribution in [1.82, 2.24) is 9.78 Å². The van der Waals surface area contributed by atoms with Crippen LogP contribution < -0.4 is 11.1 Å². The van der Waals surface area contributed by atoms with Gasteiger partial charge in [-0.3, -0.25) is 9.48 Å². The van der Waals surface area contributed by atoms with Gasteiger partial charge >= 0.3 is 0 Å². The van der Waals surface area contributed by atoms with E-state index in [-0.39, 0.29) is 24.9 Å². The average molecular weight is 313 g/mol. The number of halogens is 1. The first kappa shape index (κ1) is 17.4. The number of anilines is 1. The Morgan fingerprint density at radius 3 is 2.81 bits per heavy atom. The van der Waals surface area contributed by atoms with Gasteiger partial charge in [-0.05, 0) is 32.0 Å². The Labute approximate surface area is 130 Å². The van der Waals surface area contributed by atoms with E-state index in [1.807, 2.05) is 29.1 Å². The van der Waals surface area contributed by atoms with Crippen LogP contribution in [0.5, 0.6) is 0 Å². The number of ether oxygens (including phenoxy) is 1. The SMILES string of the molecule is COCC(N)C(=O)Nc1ccc2nn(C(C)C)cc2c1.Cl. The number of carbonyl (C=O) groups excluding carboxylic acids is 1. The summed E-state index contributed by atoms with van der Waals surface area (Å²) in [5.41, 5.74) is 7.29. The first-order chi connectivity index (χ1) is 9.51. The molecule has 0 saturated carbocycles. The molecule has 1 unspecified atom stereocenters. The highest BCUT2D eigenvalue weighted by Crippen LogP contribution is 2.19. The van der Waals surface area contributed by atoms with E-state index in [9.17, 15) is 4.79 Å². The molecule has 0 saturated heterocycles. The van der Waals surface area contributed by atoms with Gasteiger partial charge in [0.05, 0.1) is 12.1 Å². The Morgan fingerprint density at radius 1 is 1.48 bits per heavy atom. The quantitative estimate of drug-likeness (QED) is 0.884. The minimum Gasteiger partial charge on any atom is -0.383 e. The van der Waals surface area contributed by atoms with Crippen molar-refractivity contribution in [2.24, 2.45) is 5.73 Å². The number of rotatable bonds is 5. The molecule has 0 aliphatic heterocycles. The molecule has 2 rings (SSSR count). The van der Waals surface area contributed by atoms with Crippen molar-refractivity contribution in [3.63, 3.8) is 0 Å². The maximum absolute atomic E-state index is 11.8. The summed E-state index contributed by atoms with van der Waals surface area (Å²) >= 11 is 0. The van der Waals surface area contributed by atoms with Crippen LogP contribution in [0.25, 0.3) is 10.9 Å². The zero-order valence-electron chi connectivity index (χ0n) is 12.4. The maximum atomic E-state index is 11.8. The normalized spacial score (nSPS) is 12.2. The van der Waals surface area contributed by atoms with Crippen molar-refractivity contribution in [3.8, 4) is 0 Å². The van der Waals surface area contributed by atoms with Gasteiger partial charge in [-0.1, -0.05) is 0 Å². The number of amides is 1. The molecule has 1 atom stereocenters. The van der Waals surface area contributed by atoms with Crippen LogP contribution in [-0.2, 0) is 9.53 Å². The Kier molecular flexibility index (Phi) is 6.14. The second-order valence-corrected chi connectivity index (χ2v) is 5.03. The molecule has 0 aliphatic rings. The topological polar surface area (TPSA) is 82.2 Å². The summed E-state index contributed by atoms with van der Waals surface area (Å²) in [4.78, 5) is 11.8. The van der Waals surface area contributed by atoms with Crippen LogP contribution in [0.1, 0.15) is 19.9 Å². The summed E-state index contributed by atoms with van der Waals surface area (Å²) in [5.74, 6) is -0.262. The zero-order chi connectivity index (χ0) is 14.7. The van der Waals surface area contributed by atoms with Gasteiger partial charge in [0.25, 0.3) is 0 Å². The number of nitrogens with two attached hydrogens (primary N) is 1.